The predicted molar refractivity (Wildman–Crippen MR) is 106 cm³/mol. The number of hydrogen-bond acceptors (Lipinski definition) is 3. The quantitative estimate of drug-likeness (QED) is 0.691. The second kappa shape index (κ2) is 8.36. The molecule has 1 saturated heterocycles. The molecule has 0 saturated carbocycles. The van der Waals surface area contributed by atoms with Gasteiger partial charge in [0, 0.05) is 47.4 Å². The maximum Gasteiger partial charge on any atom is 0.167 e. The normalized spacial score (nSPS) is 18.2. The highest BCUT2D eigenvalue weighted by Gasteiger charge is 2.28. The molecule has 1 aliphatic rings. The lowest BCUT2D eigenvalue weighted by Gasteiger charge is -2.32. The topological polar surface area (TPSA) is 38.1 Å². The summed E-state index contributed by atoms with van der Waals surface area (Å²) >= 11 is 6.03. The molecule has 1 atom stereocenters. The van der Waals surface area contributed by atoms with Crippen molar-refractivity contribution in [3.63, 3.8) is 0 Å². The van der Waals surface area contributed by atoms with Crippen molar-refractivity contribution < 1.29 is 4.79 Å². The van der Waals surface area contributed by atoms with E-state index in [1.807, 2.05) is 31.3 Å². The summed E-state index contributed by atoms with van der Waals surface area (Å²) in [5.41, 5.74) is 4.30. The van der Waals surface area contributed by atoms with Gasteiger partial charge >= 0.3 is 0 Å². The van der Waals surface area contributed by atoms with Gasteiger partial charge in [0.1, 0.15) is 0 Å². The maximum absolute atomic E-state index is 13.0. The van der Waals surface area contributed by atoms with Gasteiger partial charge in [0.2, 0.25) is 0 Å². The number of nitrogens with zero attached hydrogens (tertiary/aromatic N) is 3. The summed E-state index contributed by atoms with van der Waals surface area (Å²) in [6.07, 6.45) is 5.10. The number of ketones is 1. The van der Waals surface area contributed by atoms with Crippen LogP contribution in [0.25, 0.3) is 0 Å². The fourth-order valence-electron chi connectivity index (χ4n) is 3.86. The first kappa shape index (κ1) is 19.1. The number of likely N-dealkylation sites (tertiary alicyclic amines) is 1. The molecule has 1 aromatic carbocycles. The third-order valence-electron chi connectivity index (χ3n) is 5.36. The van der Waals surface area contributed by atoms with Crippen LogP contribution >= 0.6 is 11.6 Å². The zero-order chi connectivity index (χ0) is 18.7. The molecule has 5 heteroatoms. The predicted octanol–water partition coefficient (Wildman–Crippen LogP) is 4.66. The number of aromatic nitrogens is 2. The molecule has 2 heterocycles. The van der Waals surface area contributed by atoms with Crippen molar-refractivity contribution in [3.8, 4) is 0 Å². The van der Waals surface area contributed by atoms with Crippen molar-refractivity contribution >= 4 is 17.4 Å². The number of carbonyl (C=O) groups is 1. The van der Waals surface area contributed by atoms with Gasteiger partial charge in [0.05, 0.1) is 6.20 Å². The van der Waals surface area contributed by atoms with Crippen LogP contribution in [0.1, 0.15) is 53.4 Å². The Hall–Kier alpha value is -1.65. The Balaban J connectivity index is 1.68. The van der Waals surface area contributed by atoms with Crippen LogP contribution in [-0.4, -0.2) is 33.6 Å². The van der Waals surface area contributed by atoms with Crippen LogP contribution < -0.4 is 0 Å². The Labute approximate surface area is 161 Å². The van der Waals surface area contributed by atoms with Gasteiger partial charge in [-0.1, -0.05) is 18.5 Å². The molecule has 3 rings (SSSR count). The van der Waals surface area contributed by atoms with Crippen molar-refractivity contribution in [3.05, 3.63) is 51.8 Å². The molecule has 2 aromatic rings. The van der Waals surface area contributed by atoms with E-state index in [0.29, 0.717) is 5.02 Å². The summed E-state index contributed by atoms with van der Waals surface area (Å²) in [4.78, 5) is 15.4. The summed E-state index contributed by atoms with van der Waals surface area (Å²) in [5.74, 6) is 0.317. The molecule has 4 nitrogen and oxygen atoms in total. The molecule has 0 bridgehead atoms. The van der Waals surface area contributed by atoms with Crippen molar-refractivity contribution in [1.29, 1.82) is 0 Å². The Morgan fingerprint density at radius 3 is 2.88 bits per heavy atom. The fourth-order valence-corrected chi connectivity index (χ4v) is 4.08. The van der Waals surface area contributed by atoms with Crippen molar-refractivity contribution in [2.45, 2.75) is 53.1 Å². The minimum Gasteiger partial charge on any atom is -0.298 e. The number of carbonyl (C=O) groups excluding carboxylic acids is 1. The molecule has 1 aliphatic heterocycles. The van der Waals surface area contributed by atoms with Gasteiger partial charge in [-0.25, -0.2) is 0 Å². The average molecular weight is 374 g/mol. The first-order valence-electron chi connectivity index (χ1n) is 9.53. The van der Waals surface area contributed by atoms with E-state index in [1.165, 1.54) is 11.3 Å². The molecule has 140 valence electrons. The van der Waals surface area contributed by atoms with E-state index in [0.717, 1.165) is 56.6 Å². The van der Waals surface area contributed by atoms with Crippen LogP contribution in [0.2, 0.25) is 5.02 Å². The second-order valence-corrected chi connectivity index (χ2v) is 7.81. The Bertz CT molecular complexity index is 784. The average Bonchev–Trinajstić information content (AvgIpc) is 2.95. The Kier molecular flexibility index (Phi) is 6.15. The van der Waals surface area contributed by atoms with Gasteiger partial charge in [-0.2, -0.15) is 5.10 Å². The van der Waals surface area contributed by atoms with Crippen molar-refractivity contribution in [1.82, 2.24) is 14.7 Å². The zero-order valence-electron chi connectivity index (χ0n) is 16.0. The van der Waals surface area contributed by atoms with Crippen LogP contribution in [-0.2, 0) is 13.1 Å². The van der Waals surface area contributed by atoms with Crippen LogP contribution in [0, 0.1) is 19.8 Å². The number of benzene rings is 1. The third kappa shape index (κ3) is 4.18. The fraction of sp³-hybridized carbons (Fsp3) is 0.524. The molecular weight excluding hydrogens is 346 g/mol. The minimum atomic E-state index is 0.0645. The van der Waals surface area contributed by atoms with Gasteiger partial charge in [0.15, 0.2) is 5.78 Å². The highest BCUT2D eigenvalue weighted by Crippen LogP contribution is 2.25. The summed E-state index contributed by atoms with van der Waals surface area (Å²) in [6, 6.07) is 5.56. The highest BCUT2D eigenvalue weighted by atomic mass is 35.5. The van der Waals surface area contributed by atoms with E-state index in [9.17, 15) is 4.79 Å². The third-order valence-corrected chi connectivity index (χ3v) is 5.60. The molecule has 1 fully saturated rings. The SMILES string of the molecule is CCCn1ncc(CN2CCC[C@H](C(=O)c3ccc(Cl)cc3C)C2)c1C. The molecule has 1 aromatic heterocycles. The molecule has 0 radical (unpaired) electrons. The lowest BCUT2D eigenvalue weighted by molar-refractivity contribution is 0.0811. The molecular formula is C21H28ClN3O. The van der Waals surface area contributed by atoms with Gasteiger partial charge < -0.3 is 0 Å². The monoisotopic (exact) mass is 373 g/mol. The number of halogens is 1. The Morgan fingerprint density at radius 1 is 1.35 bits per heavy atom. The number of hydrogen-bond donors (Lipinski definition) is 0. The molecule has 0 N–H and O–H groups in total. The number of aryl methyl sites for hydroxylation is 2. The van der Waals surface area contributed by atoms with E-state index < -0.39 is 0 Å². The lowest BCUT2D eigenvalue weighted by atomic mass is 9.88. The van der Waals surface area contributed by atoms with Gasteiger partial charge in [-0.05, 0) is 63.4 Å². The van der Waals surface area contributed by atoms with Crippen LogP contribution in [0.4, 0.5) is 0 Å². The van der Waals surface area contributed by atoms with E-state index in [1.54, 1.807) is 0 Å². The number of rotatable bonds is 6. The minimum absolute atomic E-state index is 0.0645. The van der Waals surface area contributed by atoms with Gasteiger partial charge in [-0.15, -0.1) is 0 Å². The largest absolute Gasteiger partial charge is 0.298 e. The second-order valence-electron chi connectivity index (χ2n) is 7.38. The van der Waals surface area contributed by atoms with Gasteiger partial charge in [-0.3, -0.25) is 14.4 Å². The lowest BCUT2D eigenvalue weighted by Crippen LogP contribution is -2.38. The standard InChI is InChI=1S/C21H28ClN3O/c1-4-9-25-16(3)18(12-23-25)14-24-10-5-6-17(13-24)21(26)20-8-7-19(22)11-15(20)2/h7-8,11-12,17H,4-6,9-10,13-14H2,1-3H3/t17-/m0/s1. The van der Waals surface area contributed by atoms with Crippen LogP contribution in [0.5, 0.6) is 0 Å². The van der Waals surface area contributed by atoms with E-state index in [4.69, 9.17) is 11.6 Å². The molecule has 0 spiro atoms. The highest BCUT2D eigenvalue weighted by molar-refractivity contribution is 6.30. The van der Waals surface area contributed by atoms with E-state index in [-0.39, 0.29) is 11.7 Å². The van der Waals surface area contributed by atoms with Crippen molar-refractivity contribution in [2.24, 2.45) is 5.92 Å². The van der Waals surface area contributed by atoms with Gasteiger partial charge in [0.25, 0.3) is 0 Å². The summed E-state index contributed by atoms with van der Waals surface area (Å²) in [6.45, 7) is 9.97. The maximum atomic E-state index is 13.0. The summed E-state index contributed by atoms with van der Waals surface area (Å²) in [5, 5.41) is 5.19. The molecule has 26 heavy (non-hydrogen) atoms. The first-order chi connectivity index (χ1) is 12.5. The summed E-state index contributed by atoms with van der Waals surface area (Å²) in [7, 11) is 0. The number of piperidine rings is 1. The Morgan fingerprint density at radius 2 is 2.15 bits per heavy atom. The van der Waals surface area contributed by atoms with Crippen LogP contribution in [0.3, 0.4) is 0 Å². The van der Waals surface area contributed by atoms with Crippen LogP contribution in [0.15, 0.2) is 24.4 Å². The zero-order valence-corrected chi connectivity index (χ0v) is 16.7. The number of Topliss-reactive ketones (excluding diaryl/α,β-unsaturated/α-hetero) is 1. The molecule has 0 aliphatic carbocycles. The van der Waals surface area contributed by atoms with E-state index >= 15 is 0 Å². The van der Waals surface area contributed by atoms with E-state index in [2.05, 4.69) is 28.5 Å². The molecule has 0 amide bonds. The first-order valence-corrected chi connectivity index (χ1v) is 9.91. The summed E-state index contributed by atoms with van der Waals surface area (Å²) < 4.78 is 2.08. The van der Waals surface area contributed by atoms with Crippen molar-refractivity contribution in [2.75, 3.05) is 13.1 Å². The molecule has 0 unspecified atom stereocenters. The smallest absolute Gasteiger partial charge is 0.167 e.